The van der Waals surface area contributed by atoms with Gasteiger partial charge < -0.3 is 13.0 Å². The lowest BCUT2D eigenvalue weighted by molar-refractivity contribution is -0.141. The summed E-state index contributed by atoms with van der Waals surface area (Å²) in [6, 6.07) is 0. The summed E-state index contributed by atoms with van der Waals surface area (Å²) in [5.74, 6) is -0.175. The van der Waals surface area contributed by atoms with Gasteiger partial charge in [0.05, 0.1) is 0 Å². The van der Waals surface area contributed by atoms with Crippen LogP contribution in [0.25, 0.3) is 0 Å². The highest BCUT2D eigenvalue weighted by Gasteiger charge is 2.13. The van der Waals surface area contributed by atoms with Crippen LogP contribution in [0.1, 0.15) is 13.3 Å². The third-order valence-corrected chi connectivity index (χ3v) is 8.82. The van der Waals surface area contributed by atoms with Crippen LogP contribution in [-0.4, -0.2) is 39.9 Å². The first kappa shape index (κ1) is 16.8. The molecule has 0 rings (SSSR count). The van der Waals surface area contributed by atoms with Crippen molar-refractivity contribution in [2.24, 2.45) is 0 Å². The van der Waals surface area contributed by atoms with Gasteiger partial charge in [-0.25, -0.2) is 0 Å². The second kappa shape index (κ2) is 9.77. The zero-order valence-electron chi connectivity index (χ0n) is 11.4. The summed E-state index contributed by atoms with van der Waals surface area (Å²) in [6.07, 6.45) is 2.26. The second-order valence-corrected chi connectivity index (χ2v) is 11.7. The fourth-order valence-electron chi connectivity index (χ4n) is 1.07. The van der Waals surface area contributed by atoms with Crippen molar-refractivity contribution in [3.05, 3.63) is 11.8 Å². The molecule has 17 heavy (non-hydrogen) atoms. The van der Waals surface area contributed by atoms with Gasteiger partial charge in [0.2, 0.25) is 0 Å². The van der Waals surface area contributed by atoms with E-state index in [1.165, 1.54) is 0 Å². The number of hydrogen-bond acceptors (Lipinski definition) is 4. The number of rotatable bonds is 8. The molecule has 0 aliphatic heterocycles. The average molecular weight is 293 g/mol. The van der Waals surface area contributed by atoms with Crippen LogP contribution < -0.4 is 0 Å². The Morgan fingerprint density at radius 2 is 1.65 bits per heavy atom. The number of carbonyl (C=O) groups is 1. The van der Waals surface area contributed by atoms with Gasteiger partial charge in [-0.2, -0.15) is 0 Å². The Kier molecular flexibility index (Phi) is 9.65. The molecule has 7 heteroatoms. The van der Waals surface area contributed by atoms with Crippen molar-refractivity contribution in [3.8, 4) is 0 Å². The van der Waals surface area contributed by atoms with Gasteiger partial charge in [-0.3, -0.25) is 4.79 Å². The summed E-state index contributed by atoms with van der Waals surface area (Å²) in [7, 11) is -3.80. The molecule has 0 saturated carbocycles. The quantitative estimate of drug-likeness (QED) is 0.499. The minimum atomic E-state index is -1.67. The van der Waals surface area contributed by atoms with Gasteiger partial charge >= 0.3 is 15.3 Å². The van der Waals surface area contributed by atoms with E-state index < -0.39 is 27.4 Å². The number of esters is 1. The van der Waals surface area contributed by atoms with Crippen molar-refractivity contribution in [1.29, 1.82) is 0 Å². The topological polar surface area (TPSA) is 44.8 Å². The van der Waals surface area contributed by atoms with Crippen LogP contribution in [0.5, 0.6) is 0 Å². The fourth-order valence-corrected chi connectivity index (χ4v) is 7.25. The molecule has 0 spiro atoms. The van der Waals surface area contributed by atoms with Gasteiger partial charge in [0.1, 0.15) is 6.61 Å². The molecule has 0 N–H and O–H groups in total. The van der Waals surface area contributed by atoms with Gasteiger partial charge in [-0.1, -0.05) is 13.0 Å². The highest BCUT2D eigenvalue weighted by molar-refractivity contribution is 6.70. The van der Waals surface area contributed by atoms with E-state index in [1.807, 2.05) is 11.8 Å². The van der Waals surface area contributed by atoms with Gasteiger partial charge in [-0.05, 0) is 31.9 Å². The summed E-state index contributed by atoms with van der Waals surface area (Å²) in [5.41, 5.74) is 1.98. The third-order valence-electron chi connectivity index (χ3n) is 1.74. The first-order valence-electron chi connectivity index (χ1n) is 6.08. The molecule has 0 aromatic carbocycles. The first-order chi connectivity index (χ1) is 7.95. The average Bonchev–Trinajstić information content (AvgIpc) is 2.22. The molecule has 0 amide bonds. The van der Waals surface area contributed by atoms with Gasteiger partial charge in [-0.15, -0.1) is 0 Å². The van der Waals surface area contributed by atoms with Crippen LogP contribution in [0, 0.1) is 0 Å². The Morgan fingerprint density at radius 3 is 2.06 bits per heavy atom. The normalized spacial score (nSPS) is 12.0. The molecule has 0 radical (unpaired) electrons. The van der Waals surface area contributed by atoms with E-state index in [4.69, 9.17) is 13.0 Å². The molecular formula is C10H24O4Si3. The molecule has 100 valence electrons. The highest BCUT2D eigenvalue weighted by Crippen LogP contribution is 1.99. The lowest BCUT2D eigenvalue weighted by atomic mass is 10.5. The van der Waals surface area contributed by atoms with Crippen molar-refractivity contribution in [3.63, 3.8) is 0 Å². The third kappa shape index (κ3) is 10.6. The molecule has 0 aromatic rings. The predicted octanol–water partition coefficient (Wildman–Crippen LogP) is 1.26. The molecule has 0 heterocycles. The van der Waals surface area contributed by atoms with E-state index in [-0.39, 0.29) is 5.97 Å². The van der Waals surface area contributed by atoms with E-state index >= 15 is 0 Å². The van der Waals surface area contributed by atoms with E-state index in [1.54, 1.807) is 6.92 Å². The summed E-state index contributed by atoms with van der Waals surface area (Å²) in [4.78, 5) is 10.9. The standard InChI is InChI=1S/C10H24O4Si3/c1-6-10(11)12-8-7-9-17(13-15(2)3)14-16(4)5/h7,9,15-17H,6,8H2,1-5H3. The Morgan fingerprint density at radius 1 is 1.12 bits per heavy atom. The zero-order valence-corrected chi connectivity index (χ0v) is 14.9. The lowest BCUT2D eigenvalue weighted by Gasteiger charge is -2.18. The zero-order chi connectivity index (χ0) is 13.3. The molecule has 0 saturated heterocycles. The van der Waals surface area contributed by atoms with Crippen molar-refractivity contribution in [1.82, 2.24) is 0 Å². The van der Waals surface area contributed by atoms with Crippen LogP contribution in [-0.2, 0) is 17.8 Å². The number of ether oxygens (including phenoxy) is 1. The smallest absolute Gasteiger partial charge is 0.327 e. The van der Waals surface area contributed by atoms with Crippen molar-refractivity contribution >= 4 is 33.3 Å². The molecule has 4 nitrogen and oxygen atoms in total. The molecule has 0 aliphatic rings. The fraction of sp³-hybridized carbons (Fsp3) is 0.700. The SMILES string of the molecule is CCC(=O)OCC=C[SiH](O[SiH](C)C)O[SiH](C)C. The van der Waals surface area contributed by atoms with Crippen molar-refractivity contribution < 1.29 is 17.8 Å². The van der Waals surface area contributed by atoms with Crippen LogP contribution in [0.2, 0.25) is 26.2 Å². The lowest BCUT2D eigenvalue weighted by Crippen LogP contribution is -2.31. The van der Waals surface area contributed by atoms with Gasteiger partial charge in [0, 0.05) is 6.42 Å². The predicted molar refractivity (Wildman–Crippen MR) is 77.5 cm³/mol. The Bertz CT molecular complexity index is 234. The van der Waals surface area contributed by atoms with E-state index in [0.717, 1.165) is 0 Å². The molecule has 0 fully saturated rings. The Labute approximate surface area is 109 Å². The summed E-state index contributed by atoms with van der Waals surface area (Å²) in [6.45, 7) is 10.6. The molecular weight excluding hydrogens is 268 g/mol. The summed E-state index contributed by atoms with van der Waals surface area (Å²) in [5, 5.41) is 0. The molecule has 0 unspecified atom stereocenters. The molecule has 0 bridgehead atoms. The van der Waals surface area contributed by atoms with Crippen LogP contribution >= 0.6 is 0 Å². The summed E-state index contributed by atoms with van der Waals surface area (Å²) < 4.78 is 16.7. The molecule has 0 aliphatic carbocycles. The van der Waals surface area contributed by atoms with Gasteiger partial charge in [0.25, 0.3) is 0 Å². The minimum absolute atomic E-state index is 0.175. The largest absolute Gasteiger partial charge is 0.461 e. The Balaban J connectivity index is 4.04. The van der Waals surface area contributed by atoms with Crippen molar-refractivity contribution in [2.45, 2.75) is 39.5 Å². The maximum absolute atomic E-state index is 10.9. The van der Waals surface area contributed by atoms with Crippen LogP contribution in [0.3, 0.4) is 0 Å². The minimum Gasteiger partial charge on any atom is -0.461 e. The maximum Gasteiger partial charge on any atom is 0.327 e. The molecule has 0 atom stereocenters. The monoisotopic (exact) mass is 292 g/mol. The maximum atomic E-state index is 10.9. The second-order valence-electron chi connectivity index (χ2n) is 4.20. The highest BCUT2D eigenvalue weighted by atomic mass is 28.4. The summed E-state index contributed by atoms with van der Waals surface area (Å²) >= 11 is 0. The van der Waals surface area contributed by atoms with Crippen LogP contribution in [0.15, 0.2) is 11.8 Å². The van der Waals surface area contributed by atoms with E-state index in [0.29, 0.717) is 13.0 Å². The number of carbonyl (C=O) groups excluding carboxylic acids is 1. The number of hydrogen-bond donors (Lipinski definition) is 0. The van der Waals surface area contributed by atoms with E-state index in [9.17, 15) is 4.79 Å². The van der Waals surface area contributed by atoms with Crippen molar-refractivity contribution in [2.75, 3.05) is 6.61 Å². The first-order valence-corrected chi connectivity index (χ1v) is 13.3. The Hall–Kier alpha value is -0.219. The van der Waals surface area contributed by atoms with Gasteiger partial charge in [0.15, 0.2) is 18.1 Å². The molecule has 0 aromatic heterocycles. The van der Waals surface area contributed by atoms with Crippen LogP contribution in [0.4, 0.5) is 0 Å². The van der Waals surface area contributed by atoms with E-state index in [2.05, 4.69) is 26.2 Å².